The Hall–Kier alpha value is -3.81. The molecule has 0 spiro atoms. The van der Waals surface area contributed by atoms with E-state index < -0.39 is 0 Å². The molecule has 0 saturated carbocycles. The van der Waals surface area contributed by atoms with Crippen molar-refractivity contribution in [1.29, 1.82) is 0 Å². The van der Waals surface area contributed by atoms with Crippen molar-refractivity contribution in [2.24, 2.45) is 4.99 Å². The van der Waals surface area contributed by atoms with Gasteiger partial charge in [0.05, 0.1) is 31.7 Å². The van der Waals surface area contributed by atoms with Crippen LogP contribution in [0, 0.1) is 5.82 Å². The van der Waals surface area contributed by atoms with E-state index in [0.717, 1.165) is 57.8 Å². The zero-order chi connectivity index (χ0) is 26.2. The highest BCUT2D eigenvalue weighted by Gasteiger charge is 2.41. The highest BCUT2D eigenvalue weighted by Crippen LogP contribution is 2.49. The summed E-state index contributed by atoms with van der Waals surface area (Å²) in [7, 11) is 5.50. The summed E-state index contributed by atoms with van der Waals surface area (Å²) in [5.74, 6) is 1.41. The number of halogens is 1. The Morgan fingerprint density at radius 3 is 2.21 bits per heavy atom. The van der Waals surface area contributed by atoms with Crippen LogP contribution in [0.4, 0.5) is 4.39 Å². The molecule has 7 heteroatoms. The first-order valence-corrected chi connectivity index (χ1v) is 13.3. The van der Waals surface area contributed by atoms with Gasteiger partial charge in [0.1, 0.15) is 17.3 Å². The molecule has 0 saturated heterocycles. The second-order valence-corrected chi connectivity index (χ2v) is 10.4. The molecular formula is C31H28FN3O2S. The molecule has 0 unspecified atom stereocenters. The lowest BCUT2D eigenvalue weighted by atomic mass is 9.88. The van der Waals surface area contributed by atoms with Gasteiger partial charge in [-0.1, -0.05) is 36.0 Å². The van der Waals surface area contributed by atoms with Gasteiger partial charge >= 0.3 is 0 Å². The van der Waals surface area contributed by atoms with Crippen molar-refractivity contribution in [3.63, 3.8) is 0 Å². The standard InChI is InChI=1S/C31H28FN3O2S/c1-34-17-23(16-20-4-12-25(36-2)13-5-20)29-27(18-34)30(22-8-14-26(37-3)15-9-22)35-28(19-38-31(35)33-29)21-6-10-24(32)11-7-21/h4-16,19,30H,17-18H2,1-3H3/b23-16+/t30-/m0/s1. The van der Waals surface area contributed by atoms with Crippen molar-refractivity contribution < 1.29 is 13.9 Å². The largest absolute Gasteiger partial charge is 0.497 e. The Labute approximate surface area is 226 Å². The minimum absolute atomic E-state index is 0.0586. The molecule has 38 heavy (non-hydrogen) atoms. The van der Waals surface area contributed by atoms with E-state index >= 15 is 0 Å². The Morgan fingerprint density at radius 2 is 1.55 bits per heavy atom. The van der Waals surface area contributed by atoms with Crippen LogP contribution in [0.1, 0.15) is 22.7 Å². The smallest absolute Gasteiger partial charge is 0.174 e. The van der Waals surface area contributed by atoms with Crippen molar-refractivity contribution in [2.75, 3.05) is 34.4 Å². The number of methoxy groups -OCH3 is 2. The normalized spacial score (nSPS) is 20.2. The first-order valence-electron chi connectivity index (χ1n) is 12.5. The predicted molar refractivity (Wildman–Crippen MR) is 152 cm³/mol. The molecule has 0 radical (unpaired) electrons. The quantitative estimate of drug-likeness (QED) is 0.376. The Morgan fingerprint density at radius 1 is 0.895 bits per heavy atom. The number of likely N-dealkylation sites (N-methyl/N-ethyl adjacent to an activating group) is 1. The monoisotopic (exact) mass is 525 g/mol. The van der Waals surface area contributed by atoms with Gasteiger partial charge < -0.3 is 14.4 Å². The van der Waals surface area contributed by atoms with Gasteiger partial charge in [-0.25, -0.2) is 9.38 Å². The van der Waals surface area contributed by atoms with E-state index in [0.29, 0.717) is 0 Å². The first kappa shape index (κ1) is 24.5. The van der Waals surface area contributed by atoms with Crippen molar-refractivity contribution in [3.05, 3.63) is 118 Å². The number of hydrogen-bond donors (Lipinski definition) is 0. The van der Waals surface area contributed by atoms with Crippen LogP contribution in [0.15, 0.2) is 100 Å². The van der Waals surface area contributed by atoms with E-state index in [1.54, 1.807) is 26.0 Å². The fourth-order valence-electron chi connectivity index (χ4n) is 5.24. The molecule has 1 atom stereocenters. The number of ether oxygens (including phenoxy) is 2. The Balaban J connectivity index is 1.48. The van der Waals surface area contributed by atoms with Gasteiger partial charge in [-0.3, -0.25) is 4.90 Å². The maximum atomic E-state index is 13.7. The molecular weight excluding hydrogens is 497 g/mol. The molecule has 6 rings (SSSR count). The number of benzene rings is 3. The lowest BCUT2D eigenvalue weighted by molar-refractivity contribution is 0.344. The molecule has 0 amide bonds. The molecule has 0 fully saturated rings. The third-order valence-corrected chi connectivity index (χ3v) is 7.89. The van der Waals surface area contributed by atoms with Crippen LogP contribution in [-0.2, 0) is 0 Å². The molecule has 192 valence electrons. The minimum atomic E-state index is -0.244. The minimum Gasteiger partial charge on any atom is -0.497 e. The van der Waals surface area contributed by atoms with Crippen molar-refractivity contribution in [2.45, 2.75) is 6.04 Å². The van der Waals surface area contributed by atoms with E-state index in [-0.39, 0.29) is 11.9 Å². The van der Waals surface area contributed by atoms with Gasteiger partial charge in [-0.15, -0.1) is 0 Å². The number of rotatable bonds is 5. The van der Waals surface area contributed by atoms with Gasteiger partial charge in [-0.05, 0) is 89.5 Å². The lowest BCUT2D eigenvalue weighted by Gasteiger charge is -2.42. The maximum Gasteiger partial charge on any atom is 0.174 e. The Bertz CT molecular complexity index is 1480. The van der Waals surface area contributed by atoms with Gasteiger partial charge in [0.2, 0.25) is 0 Å². The average molecular weight is 526 g/mol. The lowest BCUT2D eigenvalue weighted by Crippen LogP contribution is -2.40. The number of hydrogen-bond acceptors (Lipinski definition) is 6. The topological polar surface area (TPSA) is 37.3 Å². The molecule has 0 aliphatic carbocycles. The molecule has 3 heterocycles. The van der Waals surface area contributed by atoms with E-state index in [1.807, 2.05) is 36.4 Å². The van der Waals surface area contributed by atoms with Gasteiger partial charge in [0, 0.05) is 18.5 Å². The van der Waals surface area contributed by atoms with Gasteiger partial charge in [-0.2, -0.15) is 0 Å². The van der Waals surface area contributed by atoms with Crippen molar-refractivity contribution in [3.8, 4) is 11.5 Å². The second-order valence-electron chi connectivity index (χ2n) is 9.56. The summed E-state index contributed by atoms with van der Waals surface area (Å²) in [5, 5.41) is 3.05. The van der Waals surface area contributed by atoms with Crippen LogP contribution in [0.3, 0.4) is 0 Å². The van der Waals surface area contributed by atoms with E-state index in [1.165, 1.54) is 23.3 Å². The second kappa shape index (κ2) is 10.2. The number of amidine groups is 1. The van der Waals surface area contributed by atoms with Gasteiger partial charge in [0.25, 0.3) is 0 Å². The molecule has 3 aliphatic rings. The summed E-state index contributed by atoms with van der Waals surface area (Å²) in [6.07, 6.45) is 2.23. The maximum absolute atomic E-state index is 13.7. The number of thioether (sulfide) groups is 1. The highest BCUT2D eigenvalue weighted by molar-refractivity contribution is 8.16. The van der Waals surface area contributed by atoms with Crippen LogP contribution < -0.4 is 9.47 Å². The summed E-state index contributed by atoms with van der Waals surface area (Å²) in [6, 6.07) is 23.0. The van der Waals surface area contributed by atoms with Crippen LogP contribution in [0.2, 0.25) is 0 Å². The Kier molecular flexibility index (Phi) is 6.55. The van der Waals surface area contributed by atoms with Crippen LogP contribution in [-0.4, -0.2) is 49.3 Å². The first-order chi connectivity index (χ1) is 18.5. The molecule has 0 bridgehead atoms. The average Bonchev–Trinajstić information content (AvgIpc) is 3.36. The van der Waals surface area contributed by atoms with Crippen LogP contribution in [0.5, 0.6) is 11.5 Å². The molecule has 0 aromatic heterocycles. The fourth-order valence-corrected chi connectivity index (χ4v) is 6.17. The summed E-state index contributed by atoms with van der Waals surface area (Å²) >= 11 is 1.61. The zero-order valence-electron chi connectivity index (χ0n) is 21.5. The highest BCUT2D eigenvalue weighted by atomic mass is 32.2. The van der Waals surface area contributed by atoms with Crippen molar-refractivity contribution >= 4 is 28.7 Å². The van der Waals surface area contributed by atoms with Crippen LogP contribution >= 0.6 is 11.8 Å². The fraction of sp³-hybridized carbons (Fsp3) is 0.194. The summed E-state index contributed by atoms with van der Waals surface area (Å²) < 4.78 is 24.5. The zero-order valence-corrected chi connectivity index (χ0v) is 22.3. The molecule has 0 N–H and O–H groups in total. The van der Waals surface area contributed by atoms with Crippen molar-refractivity contribution in [1.82, 2.24) is 9.80 Å². The molecule has 5 nitrogen and oxygen atoms in total. The molecule has 3 aromatic rings. The van der Waals surface area contributed by atoms with E-state index in [4.69, 9.17) is 14.5 Å². The van der Waals surface area contributed by atoms with Crippen LogP contribution in [0.25, 0.3) is 11.8 Å². The SMILES string of the molecule is COc1ccc(/C=C2\CN(C)CC3=C2N=C2SC=C(c4ccc(F)cc4)N2[C@H]3c2ccc(OC)cc2)cc1. The van der Waals surface area contributed by atoms with E-state index in [9.17, 15) is 4.39 Å². The number of aliphatic imine (C=N–C) groups is 1. The summed E-state index contributed by atoms with van der Waals surface area (Å²) in [6.45, 7) is 1.60. The third-order valence-electron chi connectivity index (χ3n) is 7.05. The third kappa shape index (κ3) is 4.52. The van der Waals surface area contributed by atoms with E-state index in [2.05, 4.69) is 52.6 Å². The predicted octanol–water partition coefficient (Wildman–Crippen LogP) is 6.58. The summed E-state index contributed by atoms with van der Waals surface area (Å²) in [4.78, 5) is 9.85. The number of fused-ring (bicyclic) bond motifs is 1. The summed E-state index contributed by atoms with van der Waals surface area (Å²) in [5.41, 5.74) is 7.71. The van der Waals surface area contributed by atoms with Gasteiger partial charge in [0.15, 0.2) is 5.17 Å². The number of nitrogens with zero attached hydrogens (tertiary/aromatic N) is 3. The molecule has 3 aliphatic heterocycles. The molecule has 3 aromatic carbocycles.